The van der Waals surface area contributed by atoms with E-state index in [4.69, 9.17) is 9.11 Å². The molecular formula is C8H10F8N2O6S2. The summed E-state index contributed by atoms with van der Waals surface area (Å²) in [6, 6.07) is -11.2. The molecule has 0 saturated carbocycles. The van der Waals surface area contributed by atoms with Crippen LogP contribution in [-0.2, 0) is 20.2 Å². The summed E-state index contributed by atoms with van der Waals surface area (Å²) >= 11 is 0. The number of piperazine rings is 1. The van der Waals surface area contributed by atoms with Crippen molar-refractivity contribution in [1.29, 1.82) is 0 Å². The van der Waals surface area contributed by atoms with Gasteiger partial charge in [0.25, 0.3) is 0 Å². The van der Waals surface area contributed by atoms with Gasteiger partial charge in [0.05, 0.1) is 0 Å². The van der Waals surface area contributed by atoms with E-state index in [-0.39, 0.29) is 0 Å². The minimum atomic E-state index is -6.61. The van der Waals surface area contributed by atoms with Crippen molar-refractivity contribution in [3.05, 3.63) is 0 Å². The smallest absolute Gasteiger partial charge is 0.281 e. The van der Waals surface area contributed by atoms with Gasteiger partial charge in [0.15, 0.2) is 0 Å². The van der Waals surface area contributed by atoms with Crippen LogP contribution in [0.3, 0.4) is 0 Å². The molecule has 1 aliphatic rings. The lowest BCUT2D eigenvalue weighted by atomic mass is 10.2. The third-order valence-corrected chi connectivity index (χ3v) is 5.21. The van der Waals surface area contributed by atoms with Crippen molar-refractivity contribution >= 4 is 20.2 Å². The molecule has 1 fully saturated rings. The zero-order valence-corrected chi connectivity index (χ0v) is 13.7. The Morgan fingerprint density at radius 3 is 0.923 bits per heavy atom. The van der Waals surface area contributed by atoms with Crippen LogP contribution in [0, 0.1) is 0 Å². The molecule has 26 heavy (non-hydrogen) atoms. The number of rotatable bonds is 6. The highest BCUT2D eigenvalue weighted by molar-refractivity contribution is 7.87. The molecule has 0 unspecified atom stereocenters. The lowest BCUT2D eigenvalue weighted by Gasteiger charge is -2.43. The average molecular weight is 446 g/mol. The lowest BCUT2D eigenvalue weighted by molar-refractivity contribution is -0.285. The largest absolute Gasteiger partial charge is 0.446 e. The van der Waals surface area contributed by atoms with E-state index in [9.17, 15) is 52.0 Å². The second kappa shape index (κ2) is 6.36. The van der Waals surface area contributed by atoms with E-state index >= 15 is 0 Å². The molecule has 0 aliphatic carbocycles. The zero-order chi connectivity index (χ0) is 21.0. The molecule has 8 nitrogen and oxygen atoms in total. The molecule has 0 bridgehead atoms. The summed E-state index contributed by atoms with van der Waals surface area (Å²) in [6.45, 7) is -6.13. The van der Waals surface area contributed by atoms with Gasteiger partial charge in [-0.15, -0.1) is 0 Å². The van der Waals surface area contributed by atoms with Crippen molar-refractivity contribution in [3.63, 3.8) is 0 Å². The van der Waals surface area contributed by atoms with Crippen molar-refractivity contribution in [2.45, 2.75) is 22.6 Å². The standard InChI is InChI=1S/C8H10F8N2O6S2/c9-5(10,7(13,14)25(19,20)21)17-1-2-18(4-3-17)6(11,12)8(15,16)26(22,23)24/h1-4H2,(H,19,20,21)(H,22,23,24). The summed E-state index contributed by atoms with van der Waals surface area (Å²) in [5, 5.41) is -12.1. The normalized spacial score (nSPS) is 20.4. The molecular weight excluding hydrogens is 436 g/mol. The first kappa shape index (κ1) is 23.2. The minimum Gasteiger partial charge on any atom is -0.281 e. The molecule has 0 aromatic heterocycles. The molecule has 2 N–H and O–H groups in total. The molecule has 156 valence electrons. The molecule has 0 spiro atoms. The third kappa shape index (κ3) is 3.49. The topological polar surface area (TPSA) is 115 Å². The third-order valence-electron chi connectivity index (χ3n) is 3.42. The average Bonchev–Trinajstić information content (AvgIpc) is 2.44. The zero-order valence-electron chi connectivity index (χ0n) is 12.1. The van der Waals surface area contributed by atoms with Crippen molar-refractivity contribution in [2.24, 2.45) is 0 Å². The van der Waals surface area contributed by atoms with E-state index in [1.807, 2.05) is 0 Å². The summed E-state index contributed by atoms with van der Waals surface area (Å²) in [6.07, 6.45) is 0. The van der Waals surface area contributed by atoms with Gasteiger partial charge < -0.3 is 0 Å². The highest BCUT2D eigenvalue weighted by atomic mass is 32.2. The summed E-state index contributed by atoms with van der Waals surface area (Å²) in [5.74, 6) is 0. The molecule has 1 heterocycles. The first-order valence-electron chi connectivity index (χ1n) is 6.16. The lowest BCUT2D eigenvalue weighted by Crippen LogP contribution is -2.66. The van der Waals surface area contributed by atoms with Gasteiger partial charge in [-0.1, -0.05) is 0 Å². The Morgan fingerprint density at radius 1 is 0.577 bits per heavy atom. The molecule has 1 saturated heterocycles. The van der Waals surface area contributed by atoms with Gasteiger partial charge in [-0.3, -0.25) is 9.11 Å². The van der Waals surface area contributed by atoms with Crippen LogP contribution in [0.2, 0.25) is 0 Å². The quantitative estimate of drug-likeness (QED) is 0.349. The van der Waals surface area contributed by atoms with Crippen molar-refractivity contribution in [2.75, 3.05) is 26.2 Å². The molecule has 0 radical (unpaired) electrons. The van der Waals surface area contributed by atoms with Crippen molar-refractivity contribution < 1.29 is 61.1 Å². The Morgan fingerprint density at radius 2 is 0.769 bits per heavy atom. The highest BCUT2D eigenvalue weighted by Crippen LogP contribution is 2.44. The molecule has 1 rings (SSSR count). The van der Waals surface area contributed by atoms with E-state index in [0.29, 0.717) is 0 Å². The van der Waals surface area contributed by atoms with E-state index in [1.165, 1.54) is 0 Å². The number of nitrogens with zero attached hydrogens (tertiary/aromatic N) is 2. The summed E-state index contributed by atoms with van der Waals surface area (Å²) < 4.78 is 165. The van der Waals surface area contributed by atoms with Gasteiger partial charge in [0.1, 0.15) is 0 Å². The molecule has 0 amide bonds. The molecule has 0 atom stereocenters. The van der Waals surface area contributed by atoms with Crippen LogP contribution in [0.1, 0.15) is 0 Å². The van der Waals surface area contributed by atoms with E-state index < -0.39 is 78.8 Å². The van der Waals surface area contributed by atoms with Gasteiger partial charge in [0, 0.05) is 26.2 Å². The van der Waals surface area contributed by atoms with Gasteiger partial charge in [-0.2, -0.15) is 52.0 Å². The number of hydrogen-bond donors (Lipinski definition) is 2. The SMILES string of the molecule is O=S(=O)(O)C(F)(F)C(F)(F)N1CCN(C(F)(F)C(F)(F)S(=O)(=O)O)CC1. The van der Waals surface area contributed by atoms with Crippen molar-refractivity contribution in [3.8, 4) is 0 Å². The highest BCUT2D eigenvalue weighted by Gasteiger charge is 2.71. The Labute approximate surface area is 140 Å². The molecule has 0 aromatic carbocycles. The van der Waals surface area contributed by atoms with Gasteiger partial charge >= 0.3 is 42.8 Å². The maximum Gasteiger partial charge on any atom is 0.446 e. The summed E-state index contributed by atoms with van der Waals surface area (Å²) in [4.78, 5) is -1.34. The van der Waals surface area contributed by atoms with Crippen molar-refractivity contribution in [1.82, 2.24) is 9.80 Å². The predicted octanol–water partition coefficient (Wildman–Crippen LogP) is 0.751. The molecule has 18 heteroatoms. The van der Waals surface area contributed by atoms with Gasteiger partial charge in [-0.05, 0) is 0 Å². The van der Waals surface area contributed by atoms with Crippen LogP contribution in [0.15, 0.2) is 0 Å². The van der Waals surface area contributed by atoms with Crippen LogP contribution >= 0.6 is 0 Å². The number of halogens is 8. The Bertz CT molecular complexity index is 683. The first-order chi connectivity index (χ1) is 11.2. The number of hydrogen-bond acceptors (Lipinski definition) is 6. The first-order valence-corrected chi connectivity index (χ1v) is 9.04. The Kier molecular flexibility index (Phi) is 5.68. The van der Waals surface area contributed by atoms with Gasteiger partial charge in [-0.25, -0.2) is 9.80 Å². The fourth-order valence-electron chi connectivity index (χ4n) is 1.95. The van der Waals surface area contributed by atoms with Crippen LogP contribution in [0.4, 0.5) is 35.1 Å². The van der Waals surface area contributed by atoms with Crippen LogP contribution in [-0.4, -0.2) is 84.5 Å². The van der Waals surface area contributed by atoms with Crippen LogP contribution < -0.4 is 0 Å². The van der Waals surface area contributed by atoms with E-state index in [1.54, 1.807) is 0 Å². The number of alkyl halides is 8. The summed E-state index contributed by atoms with van der Waals surface area (Å²) in [7, 11) is -13.2. The fourth-order valence-corrected chi connectivity index (χ4v) is 2.83. The predicted molar refractivity (Wildman–Crippen MR) is 66.0 cm³/mol. The maximum atomic E-state index is 13.6. The monoisotopic (exact) mass is 446 g/mol. The second-order valence-electron chi connectivity index (χ2n) is 5.04. The summed E-state index contributed by atoms with van der Waals surface area (Å²) in [5.41, 5.74) is 0. The van der Waals surface area contributed by atoms with Crippen LogP contribution in [0.5, 0.6) is 0 Å². The molecule has 1 aliphatic heterocycles. The van der Waals surface area contributed by atoms with E-state index in [2.05, 4.69) is 0 Å². The maximum absolute atomic E-state index is 13.6. The second-order valence-corrected chi connectivity index (χ2v) is 7.97. The molecule has 0 aromatic rings. The Hall–Kier alpha value is -0.820. The van der Waals surface area contributed by atoms with E-state index in [0.717, 1.165) is 0 Å². The van der Waals surface area contributed by atoms with Gasteiger partial charge in [0.2, 0.25) is 0 Å². The minimum absolute atomic E-state index is 0.668. The van der Waals surface area contributed by atoms with Crippen LogP contribution in [0.25, 0.3) is 0 Å². The fraction of sp³-hybridized carbons (Fsp3) is 1.00. The Balaban J connectivity index is 3.04.